The molecule has 1 aromatic rings. The van der Waals surface area contributed by atoms with Gasteiger partial charge in [-0.1, -0.05) is 0 Å². The molecule has 88 valence electrons. The van der Waals surface area contributed by atoms with E-state index < -0.39 is 0 Å². The molecule has 2 rings (SSSR count). The van der Waals surface area contributed by atoms with Crippen LogP contribution >= 0.6 is 31.9 Å². The van der Waals surface area contributed by atoms with Gasteiger partial charge in [0, 0.05) is 13.1 Å². The third-order valence-electron chi connectivity index (χ3n) is 2.25. The van der Waals surface area contributed by atoms with Crippen molar-refractivity contribution in [2.45, 2.75) is 6.54 Å². The van der Waals surface area contributed by atoms with Crippen LogP contribution in [0.2, 0.25) is 0 Å². The van der Waals surface area contributed by atoms with Crippen LogP contribution < -0.4 is 0 Å². The molecule has 1 fully saturated rings. The van der Waals surface area contributed by atoms with E-state index in [2.05, 4.69) is 41.9 Å². The summed E-state index contributed by atoms with van der Waals surface area (Å²) in [6.07, 6.45) is 0. The van der Waals surface area contributed by atoms with Gasteiger partial charge in [-0.05, 0) is 31.9 Å². The number of hydrogen-bond acceptors (Lipinski definition) is 4. The number of aromatic nitrogens is 3. The average Bonchev–Trinajstić information content (AvgIpc) is 2.59. The van der Waals surface area contributed by atoms with Crippen molar-refractivity contribution in [2.24, 2.45) is 0 Å². The Labute approximate surface area is 109 Å². The maximum atomic E-state index is 11.9. The molecule has 0 aliphatic carbocycles. The molecule has 8 heteroatoms. The molecule has 0 bridgehead atoms. The standard InChI is InChI=1S/C8H10Br2N4O2/c9-7-11-8(10)14(12-7)5-6(15)13-1-3-16-4-2-13/h1-5H2. The van der Waals surface area contributed by atoms with Crippen molar-refractivity contribution in [1.82, 2.24) is 19.7 Å². The molecule has 0 unspecified atom stereocenters. The fourth-order valence-electron chi connectivity index (χ4n) is 1.44. The minimum atomic E-state index is 0.0291. The van der Waals surface area contributed by atoms with Gasteiger partial charge in [0.15, 0.2) is 4.73 Å². The predicted molar refractivity (Wildman–Crippen MR) is 62.8 cm³/mol. The average molecular weight is 354 g/mol. The van der Waals surface area contributed by atoms with Crippen LogP contribution in [0.3, 0.4) is 0 Å². The fraction of sp³-hybridized carbons (Fsp3) is 0.625. The summed E-state index contributed by atoms with van der Waals surface area (Å²) in [5, 5.41) is 4.04. The van der Waals surface area contributed by atoms with E-state index in [4.69, 9.17) is 4.74 Å². The summed E-state index contributed by atoms with van der Waals surface area (Å²) in [6.45, 7) is 2.69. The molecular weight excluding hydrogens is 344 g/mol. The lowest BCUT2D eigenvalue weighted by atomic mass is 10.4. The lowest BCUT2D eigenvalue weighted by Crippen LogP contribution is -2.42. The number of rotatable bonds is 2. The van der Waals surface area contributed by atoms with Crippen molar-refractivity contribution in [1.29, 1.82) is 0 Å². The highest BCUT2D eigenvalue weighted by atomic mass is 79.9. The summed E-state index contributed by atoms with van der Waals surface area (Å²) >= 11 is 6.38. The Bertz CT molecular complexity index is 389. The summed E-state index contributed by atoms with van der Waals surface area (Å²) in [5.74, 6) is 0.0291. The summed E-state index contributed by atoms with van der Waals surface area (Å²) in [7, 11) is 0. The van der Waals surface area contributed by atoms with Crippen LogP contribution in [0.4, 0.5) is 0 Å². The number of morpholine rings is 1. The SMILES string of the molecule is O=C(Cn1nc(Br)nc1Br)N1CCOCC1. The molecule has 1 aromatic heterocycles. The Balaban J connectivity index is 1.98. The number of carbonyl (C=O) groups excluding carboxylic acids is 1. The zero-order valence-corrected chi connectivity index (χ0v) is 11.6. The number of amides is 1. The van der Waals surface area contributed by atoms with Gasteiger partial charge in [-0.25, -0.2) is 4.68 Å². The van der Waals surface area contributed by atoms with Crippen LogP contribution in [0, 0.1) is 0 Å². The summed E-state index contributed by atoms with van der Waals surface area (Å²) < 4.78 is 7.71. The van der Waals surface area contributed by atoms with Crippen molar-refractivity contribution in [2.75, 3.05) is 26.3 Å². The Kier molecular flexibility index (Phi) is 3.93. The molecule has 1 aliphatic rings. The molecule has 1 saturated heterocycles. The lowest BCUT2D eigenvalue weighted by Gasteiger charge is -2.26. The predicted octanol–water partition coefficient (Wildman–Crippen LogP) is 0.662. The number of ether oxygens (including phenoxy) is 1. The first-order chi connectivity index (χ1) is 7.66. The van der Waals surface area contributed by atoms with Gasteiger partial charge < -0.3 is 9.64 Å². The molecule has 0 N–H and O–H groups in total. The molecular formula is C8H10Br2N4O2. The van der Waals surface area contributed by atoms with Crippen LogP contribution in [0.15, 0.2) is 9.47 Å². The van der Waals surface area contributed by atoms with E-state index in [-0.39, 0.29) is 12.5 Å². The van der Waals surface area contributed by atoms with Crippen molar-refractivity contribution in [3.05, 3.63) is 9.47 Å². The van der Waals surface area contributed by atoms with Crippen LogP contribution in [0.1, 0.15) is 0 Å². The van der Waals surface area contributed by atoms with Gasteiger partial charge in [0.2, 0.25) is 10.6 Å². The topological polar surface area (TPSA) is 60.2 Å². The lowest BCUT2D eigenvalue weighted by molar-refractivity contribution is -0.136. The number of carbonyl (C=O) groups is 1. The van der Waals surface area contributed by atoms with Gasteiger partial charge >= 0.3 is 0 Å². The van der Waals surface area contributed by atoms with E-state index in [9.17, 15) is 4.79 Å². The molecule has 1 aliphatic heterocycles. The molecule has 0 atom stereocenters. The van der Waals surface area contributed by atoms with Crippen molar-refractivity contribution in [3.63, 3.8) is 0 Å². The van der Waals surface area contributed by atoms with Gasteiger partial charge in [0.05, 0.1) is 13.2 Å². The summed E-state index contributed by atoms with van der Waals surface area (Å²) in [6, 6.07) is 0. The molecule has 0 radical (unpaired) electrons. The van der Waals surface area contributed by atoms with Gasteiger partial charge in [-0.2, -0.15) is 4.98 Å². The molecule has 0 spiro atoms. The molecule has 0 aromatic carbocycles. The molecule has 0 saturated carbocycles. The number of nitrogens with zero attached hydrogens (tertiary/aromatic N) is 4. The third kappa shape index (κ3) is 2.80. The Morgan fingerprint density at radius 2 is 2.06 bits per heavy atom. The third-order valence-corrected chi connectivity index (χ3v) is 3.17. The first-order valence-corrected chi connectivity index (χ1v) is 6.37. The highest BCUT2D eigenvalue weighted by molar-refractivity contribution is 9.11. The van der Waals surface area contributed by atoms with Crippen molar-refractivity contribution >= 4 is 37.8 Å². The summed E-state index contributed by atoms with van der Waals surface area (Å²) in [5.41, 5.74) is 0. The monoisotopic (exact) mass is 352 g/mol. The molecule has 6 nitrogen and oxygen atoms in total. The molecule has 2 heterocycles. The second-order valence-corrected chi connectivity index (χ2v) is 4.72. The first-order valence-electron chi connectivity index (χ1n) is 4.78. The van der Waals surface area contributed by atoms with Crippen LogP contribution in [0.5, 0.6) is 0 Å². The van der Waals surface area contributed by atoms with Gasteiger partial charge in [0.1, 0.15) is 6.54 Å². The highest BCUT2D eigenvalue weighted by Gasteiger charge is 2.18. The van der Waals surface area contributed by atoms with E-state index in [0.29, 0.717) is 35.8 Å². The van der Waals surface area contributed by atoms with Crippen molar-refractivity contribution < 1.29 is 9.53 Å². The first kappa shape index (κ1) is 12.0. The minimum absolute atomic E-state index is 0.0291. The molecule has 16 heavy (non-hydrogen) atoms. The zero-order valence-electron chi connectivity index (χ0n) is 8.40. The van der Waals surface area contributed by atoms with E-state index >= 15 is 0 Å². The van der Waals surface area contributed by atoms with Gasteiger partial charge in [-0.3, -0.25) is 4.79 Å². The number of hydrogen-bond donors (Lipinski definition) is 0. The second kappa shape index (κ2) is 5.24. The number of halogens is 2. The normalized spacial score (nSPS) is 16.5. The van der Waals surface area contributed by atoms with E-state index in [1.54, 1.807) is 4.90 Å². The van der Waals surface area contributed by atoms with Gasteiger partial charge in [-0.15, -0.1) is 5.10 Å². The Morgan fingerprint density at radius 3 is 2.62 bits per heavy atom. The quantitative estimate of drug-likeness (QED) is 0.783. The zero-order chi connectivity index (χ0) is 11.5. The fourth-order valence-corrected chi connectivity index (χ4v) is 2.41. The Morgan fingerprint density at radius 1 is 1.38 bits per heavy atom. The van der Waals surface area contributed by atoms with E-state index in [1.165, 1.54) is 4.68 Å². The van der Waals surface area contributed by atoms with E-state index in [0.717, 1.165) is 0 Å². The maximum absolute atomic E-state index is 11.9. The van der Waals surface area contributed by atoms with Crippen molar-refractivity contribution in [3.8, 4) is 0 Å². The minimum Gasteiger partial charge on any atom is -0.378 e. The second-order valence-electron chi connectivity index (χ2n) is 3.30. The smallest absolute Gasteiger partial charge is 0.244 e. The van der Waals surface area contributed by atoms with Crippen LogP contribution in [-0.4, -0.2) is 51.9 Å². The molecule has 1 amide bonds. The van der Waals surface area contributed by atoms with E-state index in [1.807, 2.05) is 0 Å². The maximum Gasteiger partial charge on any atom is 0.244 e. The van der Waals surface area contributed by atoms with Gasteiger partial charge in [0.25, 0.3) is 0 Å². The van der Waals surface area contributed by atoms with Crippen LogP contribution in [-0.2, 0) is 16.1 Å². The highest BCUT2D eigenvalue weighted by Crippen LogP contribution is 2.11. The van der Waals surface area contributed by atoms with Crippen LogP contribution in [0.25, 0.3) is 0 Å². The Hall–Kier alpha value is -0.470. The largest absolute Gasteiger partial charge is 0.378 e. The summed E-state index contributed by atoms with van der Waals surface area (Å²) in [4.78, 5) is 17.6.